The monoisotopic (exact) mass is 385 g/mol. The Morgan fingerprint density at radius 2 is 2.04 bits per heavy atom. The van der Waals surface area contributed by atoms with Gasteiger partial charge < -0.3 is 9.64 Å². The molecule has 28 heavy (non-hydrogen) atoms. The van der Waals surface area contributed by atoms with Crippen molar-refractivity contribution in [3.05, 3.63) is 46.1 Å². The van der Waals surface area contributed by atoms with Crippen LogP contribution in [0, 0.1) is 5.92 Å². The van der Waals surface area contributed by atoms with Gasteiger partial charge in [0.1, 0.15) is 11.6 Å². The first-order valence-electron chi connectivity index (χ1n) is 9.82. The zero-order valence-corrected chi connectivity index (χ0v) is 16.5. The van der Waals surface area contributed by atoms with E-state index in [9.17, 15) is 9.59 Å². The van der Waals surface area contributed by atoms with E-state index >= 15 is 0 Å². The molecule has 0 bridgehead atoms. The number of piperazine rings is 1. The highest BCUT2D eigenvalue weighted by Crippen LogP contribution is 2.21. The molecule has 2 aliphatic heterocycles. The number of carbonyl (C=O) groups is 1. The van der Waals surface area contributed by atoms with Crippen LogP contribution in [0.4, 0.5) is 0 Å². The molecule has 1 aromatic heterocycles. The number of nitrogens with zero attached hydrogens (tertiary/aromatic N) is 5. The lowest BCUT2D eigenvalue weighted by Crippen LogP contribution is -2.51. The summed E-state index contributed by atoms with van der Waals surface area (Å²) in [6.45, 7) is 4.48. The van der Waals surface area contributed by atoms with Crippen LogP contribution in [0.3, 0.4) is 0 Å². The van der Waals surface area contributed by atoms with Crippen LogP contribution < -0.4 is 10.4 Å². The SMILES string of the molecule is COc1cccc(CN2CCN(C(=O)[C@@H]3CCc4nn(C)c(=O)n4C3)CC2)c1. The third-order valence-electron chi connectivity index (χ3n) is 5.78. The number of hydrogen-bond acceptors (Lipinski definition) is 5. The van der Waals surface area contributed by atoms with Crippen molar-refractivity contribution in [1.29, 1.82) is 0 Å². The molecule has 4 rings (SSSR count). The first-order valence-corrected chi connectivity index (χ1v) is 9.82. The van der Waals surface area contributed by atoms with Crippen LogP contribution in [-0.4, -0.2) is 63.3 Å². The summed E-state index contributed by atoms with van der Waals surface area (Å²) in [5.74, 6) is 1.70. The van der Waals surface area contributed by atoms with E-state index in [0.29, 0.717) is 13.0 Å². The largest absolute Gasteiger partial charge is 0.497 e. The summed E-state index contributed by atoms with van der Waals surface area (Å²) >= 11 is 0. The molecule has 1 saturated heterocycles. The van der Waals surface area contributed by atoms with Gasteiger partial charge >= 0.3 is 5.69 Å². The Morgan fingerprint density at radius 1 is 1.25 bits per heavy atom. The summed E-state index contributed by atoms with van der Waals surface area (Å²) in [6.07, 6.45) is 1.45. The Morgan fingerprint density at radius 3 is 2.79 bits per heavy atom. The predicted octanol–water partition coefficient (Wildman–Crippen LogP) is 0.497. The highest BCUT2D eigenvalue weighted by Gasteiger charge is 2.32. The molecule has 8 heteroatoms. The fourth-order valence-corrected chi connectivity index (χ4v) is 4.15. The van der Waals surface area contributed by atoms with Crippen molar-refractivity contribution in [2.45, 2.75) is 25.9 Å². The molecule has 1 atom stereocenters. The molecular weight excluding hydrogens is 358 g/mol. The summed E-state index contributed by atoms with van der Waals surface area (Å²) in [6, 6.07) is 8.11. The van der Waals surface area contributed by atoms with Gasteiger partial charge in [0.05, 0.1) is 13.0 Å². The summed E-state index contributed by atoms with van der Waals surface area (Å²) < 4.78 is 8.31. The average Bonchev–Trinajstić information content (AvgIpc) is 3.01. The van der Waals surface area contributed by atoms with E-state index in [1.54, 1.807) is 18.7 Å². The summed E-state index contributed by atoms with van der Waals surface area (Å²) in [7, 11) is 3.34. The van der Waals surface area contributed by atoms with Gasteiger partial charge in [-0.25, -0.2) is 9.48 Å². The molecule has 0 radical (unpaired) electrons. The number of methoxy groups -OCH3 is 1. The number of carbonyl (C=O) groups excluding carboxylic acids is 1. The highest BCUT2D eigenvalue weighted by molar-refractivity contribution is 5.79. The molecule has 0 unspecified atom stereocenters. The van der Waals surface area contributed by atoms with E-state index in [1.807, 2.05) is 17.0 Å². The van der Waals surface area contributed by atoms with Crippen molar-refractivity contribution in [2.24, 2.45) is 13.0 Å². The van der Waals surface area contributed by atoms with Crippen LogP contribution in [0.2, 0.25) is 0 Å². The fourth-order valence-electron chi connectivity index (χ4n) is 4.15. The van der Waals surface area contributed by atoms with Crippen LogP contribution in [0.25, 0.3) is 0 Å². The Labute approximate surface area is 164 Å². The van der Waals surface area contributed by atoms with Crippen molar-refractivity contribution in [2.75, 3.05) is 33.3 Å². The number of ether oxygens (including phenoxy) is 1. The maximum atomic E-state index is 13.0. The molecule has 0 spiro atoms. The minimum Gasteiger partial charge on any atom is -0.497 e. The van der Waals surface area contributed by atoms with E-state index in [0.717, 1.165) is 50.7 Å². The van der Waals surface area contributed by atoms with Crippen molar-refractivity contribution >= 4 is 5.91 Å². The maximum absolute atomic E-state index is 13.0. The van der Waals surface area contributed by atoms with Crippen molar-refractivity contribution in [3.8, 4) is 5.75 Å². The lowest BCUT2D eigenvalue weighted by molar-refractivity contribution is -0.138. The molecule has 8 nitrogen and oxygen atoms in total. The summed E-state index contributed by atoms with van der Waals surface area (Å²) in [5.41, 5.74) is 1.09. The smallest absolute Gasteiger partial charge is 0.345 e. The Hall–Kier alpha value is -2.61. The zero-order valence-electron chi connectivity index (χ0n) is 16.5. The first kappa shape index (κ1) is 18.7. The Balaban J connectivity index is 1.33. The fraction of sp³-hybridized carbons (Fsp3) is 0.550. The van der Waals surface area contributed by atoms with Gasteiger partial charge in [-0.15, -0.1) is 0 Å². The molecule has 0 N–H and O–H groups in total. The third-order valence-corrected chi connectivity index (χ3v) is 5.78. The lowest BCUT2D eigenvalue weighted by atomic mass is 9.97. The lowest BCUT2D eigenvalue weighted by Gasteiger charge is -2.37. The van der Waals surface area contributed by atoms with Gasteiger partial charge in [0.2, 0.25) is 5.91 Å². The molecule has 0 saturated carbocycles. The molecule has 3 heterocycles. The van der Waals surface area contributed by atoms with Crippen LogP contribution in [0.5, 0.6) is 5.75 Å². The van der Waals surface area contributed by atoms with Gasteiger partial charge in [-0.1, -0.05) is 12.1 Å². The predicted molar refractivity (Wildman–Crippen MR) is 104 cm³/mol. The van der Waals surface area contributed by atoms with Gasteiger partial charge in [0.15, 0.2) is 0 Å². The topological polar surface area (TPSA) is 72.6 Å². The van der Waals surface area contributed by atoms with Crippen molar-refractivity contribution < 1.29 is 9.53 Å². The van der Waals surface area contributed by atoms with Crippen molar-refractivity contribution in [3.63, 3.8) is 0 Å². The second-order valence-corrected chi connectivity index (χ2v) is 7.62. The van der Waals surface area contributed by atoms with Crippen molar-refractivity contribution in [1.82, 2.24) is 24.1 Å². The second-order valence-electron chi connectivity index (χ2n) is 7.62. The van der Waals surface area contributed by atoms with Gasteiger partial charge in [-0.3, -0.25) is 14.3 Å². The van der Waals surface area contributed by atoms with Crippen LogP contribution in [0.15, 0.2) is 29.1 Å². The quantitative estimate of drug-likeness (QED) is 0.766. The number of amides is 1. The Kier molecular flexibility index (Phi) is 5.21. The number of benzene rings is 1. The molecule has 2 aromatic rings. The number of aromatic nitrogens is 3. The van der Waals surface area contributed by atoms with Crippen LogP contribution in [-0.2, 0) is 31.4 Å². The van der Waals surface area contributed by atoms with E-state index in [-0.39, 0.29) is 17.5 Å². The minimum absolute atomic E-state index is 0.126. The third kappa shape index (κ3) is 3.69. The van der Waals surface area contributed by atoms with E-state index in [4.69, 9.17) is 4.74 Å². The van der Waals surface area contributed by atoms with Gasteiger partial charge in [-0.05, 0) is 24.1 Å². The number of fused-ring (bicyclic) bond motifs is 1. The first-order chi connectivity index (χ1) is 13.5. The molecule has 0 aliphatic carbocycles. The Bertz CT molecular complexity index is 911. The molecule has 1 fully saturated rings. The van der Waals surface area contributed by atoms with Gasteiger partial charge in [0.25, 0.3) is 0 Å². The molecule has 1 amide bonds. The van der Waals surface area contributed by atoms with E-state index in [2.05, 4.69) is 22.1 Å². The van der Waals surface area contributed by atoms with Crippen LogP contribution >= 0.6 is 0 Å². The molecular formula is C20H27N5O3. The standard InChI is InChI=1S/C20H27N5O3/c1-22-20(27)25-14-16(6-7-18(25)21-22)19(26)24-10-8-23(9-11-24)13-15-4-3-5-17(12-15)28-2/h3-5,12,16H,6-11,13-14H2,1-2H3/t16-/m1/s1. The minimum atomic E-state index is -0.129. The van der Waals surface area contributed by atoms with E-state index < -0.39 is 0 Å². The van der Waals surface area contributed by atoms with Crippen LogP contribution in [0.1, 0.15) is 17.8 Å². The van der Waals surface area contributed by atoms with Gasteiger partial charge in [-0.2, -0.15) is 5.10 Å². The van der Waals surface area contributed by atoms with Gasteiger partial charge in [0, 0.05) is 52.7 Å². The molecule has 150 valence electrons. The van der Waals surface area contributed by atoms with E-state index in [1.165, 1.54) is 10.2 Å². The second kappa shape index (κ2) is 7.79. The summed E-state index contributed by atoms with van der Waals surface area (Å²) in [4.78, 5) is 29.4. The maximum Gasteiger partial charge on any atom is 0.345 e. The zero-order chi connectivity index (χ0) is 19.7. The number of rotatable bonds is 4. The molecule has 2 aliphatic rings. The highest BCUT2D eigenvalue weighted by atomic mass is 16.5. The molecule has 1 aromatic carbocycles. The number of aryl methyl sites for hydroxylation is 2. The summed E-state index contributed by atoms with van der Waals surface area (Å²) in [5, 5.41) is 4.25. The number of hydrogen-bond donors (Lipinski definition) is 0. The normalized spacial score (nSPS) is 20.1. The average molecular weight is 385 g/mol.